The van der Waals surface area contributed by atoms with Crippen molar-refractivity contribution < 1.29 is 21.7 Å². The summed E-state index contributed by atoms with van der Waals surface area (Å²) in [6.45, 7) is 13.4. The molecule has 0 aliphatic heterocycles. The third-order valence-corrected chi connectivity index (χ3v) is 4.35. The molecule has 1 aromatic carbocycles. The second-order valence-electron chi connectivity index (χ2n) is 6.03. The summed E-state index contributed by atoms with van der Waals surface area (Å²) in [4.78, 5) is 0. The van der Waals surface area contributed by atoms with Crippen molar-refractivity contribution in [3.8, 4) is 5.75 Å². The Bertz CT molecular complexity index is 529. The molecule has 0 radical (unpaired) electrons. The Balaban J connectivity index is 2.98. The topological polar surface area (TPSA) is 9.23 Å². The fourth-order valence-corrected chi connectivity index (χ4v) is 2.88. The third kappa shape index (κ3) is 5.63. The quantitative estimate of drug-likeness (QED) is 0.537. The van der Waals surface area contributed by atoms with Crippen LogP contribution >= 0.6 is 0 Å². The van der Waals surface area contributed by atoms with Crippen LogP contribution in [0.1, 0.15) is 63.5 Å². The first-order valence-corrected chi connectivity index (χ1v) is 8.89. The zero-order valence-electron chi connectivity index (χ0n) is 14.3. The van der Waals surface area contributed by atoms with E-state index in [2.05, 4.69) is 69.5 Å². The van der Waals surface area contributed by atoms with E-state index in [-0.39, 0.29) is 0 Å². The fourth-order valence-electron chi connectivity index (χ4n) is 2.63. The molecule has 1 aromatic rings. The maximum atomic E-state index is 5.96. The molecule has 0 fully saturated rings. The van der Waals surface area contributed by atoms with E-state index in [9.17, 15) is 0 Å². The first-order chi connectivity index (χ1) is 10.5. The zero-order valence-corrected chi connectivity index (χ0v) is 15.7. The van der Waals surface area contributed by atoms with Crippen LogP contribution in [-0.4, -0.2) is 11.3 Å². The summed E-state index contributed by atoms with van der Waals surface area (Å²) in [5.41, 5.74) is 3.99. The number of benzene rings is 1. The summed E-state index contributed by atoms with van der Waals surface area (Å²) >= 11 is 2.47. The summed E-state index contributed by atoms with van der Waals surface area (Å²) < 4.78 is 7.96. The van der Waals surface area contributed by atoms with Gasteiger partial charge in [0.05, 0.1) is 0 Å². The fraction of sp³-hybridized carbons (Fsp3) is 0.450. The van der Waals surface area contributed by atoms with E-state index in [1.807, 2.05) is 10.8 Å². The molecule has 0 aromatic heterocycles. The van der Waals surface area contributed by atoms with Crippen LogP contribution in [0.25, 0.3) is 0 Å². The monoisotopic (exact) mass is 335 g/mol. The molecule has 1 nitrogen and oxygen atoms in total. The van der Waals surface area contributed by atoms with Gasteiger partial charge in [-0.2, -0.15) is 0 Å². The predicted octanol–water partition coefficient (Wildman–Crippen LogP) is 5.55. The van der Waals surface area contributed by atoms with Gasteiger partial charge < -0.3 is 0 Å². The molecule has 0 bridgehead atoms. The Labute approximate surface area is 145 Å². The molecule has 0 N–H and O–H groups in total. The van der Waals surface area contributed by atoms with Gasteiger partial charge in [-0.3, -0.25) is 0 Å². The molecule has 0 saturated carbocycles. The average Bonchev–Trinajstić information content (AvgIpc) is 2.51. The van der Waals surface area contributed by atoms with Crippen molar-refractivity contribution in [3.63, 3.8) is 0 Å². The first kappa shape index (κ1) is 19.0. The van der Waals surface area contributed by atoms with Crippen LogP contribution in [0.3, 0.4) is 0 Å². The molecular formula is C20H28OV. The van der Waals surface area contributed by atoms with Crippen molar-refractivity contribution in [1.29, 1.82) is 0 Å². The summed E-state index contributed by atoms with van der Waals surface area (Å²) in [5.74, 6) is 2.07. The van der Waals surface area contributed by atoms with Gasteiger partial charge in [0.2, 0.25) is 0 Å². The van der Waals surface area contributed by atoms with Gasteiger partial charge >= 0.3 is 145 Å². The molecule has 0 saturated heterocycles. The molecule has 1 atom stereocenters. The van der Waals surface area contributed by atoms with Crippen LogP contribution in [-0.2, 0) is 17.0 Å². The van der Waals surface area contributed by atoms with Crippen molar-refractivity contribution in [2.24, 2.45) is 0 Å². The Morgan fingerprint density at radius 1 is 1.27 bits per heavy atom. The molecule has 1 rings (SSSR count). The Hall–Kier alpha value is -1.05. The predicted molar refractivity (Wildman–Crippen MR) is 93.7 cm³/mol. The zero-order chi connectivity index (χ0) is 16.5. The number of hydrogen-bond donors (Lipinski definition) is 0. The molecule has 0 aliphatic rings. The summed E-state index contributed by atoms with van der Waals surface area (Å²) in [5, 5.41) is 0. The molecule has 0 heterocycles. The van der Waals surface area contributed by atoms with Crippen LogP contribution in [0, 0.1) is 0 Å². The minimum absolute atomic E-state index is 0.542. The molecule has 0 aliphatic carbocycles. The van der Waals surface area contributed by atoms with Gasteiger partial charge in [-0.25, -0.2) is 0 Å². The second-order valence-corrected chi connectivity index (χ2v) is 6.43. The second kappa shape index (κ2) is 9.87. The molecule has 0 spiro atoms. The standard InChI is InChI=1S/C20H28O.V/c1-7-9-16(5)14-21-18-11-12-19(15(3)4)20(13-18)17(6)10-8-2;/h5,7,9,11-13,15,17H,1,8,10,14H2,2-4,6H3;/b16-9+;. The SMILES string of the molecule is C=C/C=C(\[CH]=[V])COc1ccc(C(C)C)c(C(C)CCC)c1. The van der Waals surface area contributed by atoms with Crippen molar-refractivity contribution in [2.75, 3.05) is 6.61 Å². The summed E-state index contributed by atoms with van der Waals surface area (Å²) in [7, 11) is 0. The van der Waals surface area contributed by atoms with E-state index in [1.165, 1.54) is 24.0 Å². The Morgan fingerprint density at radius 3 is 2.55 bits per heavy atom. The van der Waals surface area contributed by atoms with E-state index >= 15 is 0 Å². The molecule has 119 valence electrons. The summed E-state index contributed by atoms with van der Waals surface area (Å²) in [6, 6.07) is 6.54. The van der Waals surface area contributed by atoms with Crippen molar-refractivity contribution in [1.82, 2.24) is 0 Å². The summed E-state index contributed by atoms with van der Waals surface area (Å²) in [6.07, 6.45) is 6.18. The van der Waals surface area contributed by atoms with Crippen LogP contribution in [0.2, 0.25) is 0 Å². The first-order valence-electron chi connectivity index (χ1n) is 8.09. The van der Waals surface area contributed by atoms with Crippen molar-refractivity contribution in [3.05, 3.63) is 53.6 Å². The normalized spacial score (nSPS) is 13.0. The number of hydrogen-bond acceptors (Lipinski definition) is 1. The molecule has 0 amide bonds. The molecule has 2 heteroatoms. The van der Waals surface area contributed by atoms with Gasteiger partial charge in [-0.1, -0.05) is 0 Å². The number of allylic oxidation sites excluding steroid dienone is 2. The molecule has 22 heavy (non-hydrogen) atoms. The Morgan fingerprint density at radius 2 is 2.00 bits per heavy atom. The Kier molecular flexibility index (Phi) is 8.52. The van der Waals surface area contributed by atoms with Gasteiger partial charge in [0, 0.05) is 0 Å². The molecule has 1 unspecified atom stereocenters. The molecular weight excluding hydrogens is 307 g/mol. The van der Waals surface area contributed by atoms with Crippen LogP contribution < -0.4 is 4.74 Å². The van der Waals surface area contributed by atoms with Gasteiger partial charge in [0.15, 0.2) is 0 Å². The number of rotatable bonds is 9. The van der Waals surface area contributed by atoms with E-state index in [1.54, 1.807) is 6.08 Å². The van der Waals surface area contributed by atoms with Crippen molar-refractivity contribution in [2.45, 2.75) is 52.4 Å². The van der Waals surface area contributed by atoms with E-state index in [0.29, 0.717) is 18.4 Å². The van der Waals surface area contributed by atoms with Gasteiger partial charge in [0.25, 0.3) is 0 Å². The maximum absolute atomic E-state index is 5.96. The van der Waals surface area contributed by atoms with E-state index in [0.717, 1.165) is 11.3 Å². The van der Waals surface area contributed by atoms with Crippen LogP contribution in [0.15, 0.2) is 42.5 Å². The van der Waals surface area contributed by atoms with Gasteiger partial charge in [-0.15, -0.1) is 0 Å². The number of ether oxygens (including phenoxy) is 1. The third-order valence-electron chi connectivity index (χ3n) is 3.84. The van der Waals surface area contributed by atoms with Crippen LogP contribution in [0.5, 0.6) is 5.75 Å². The average molecular weight is 335 g/mol. The van der Waals surface area contributed by atoms with E-state index < -0.39 is 0 Å². The van der Waals surface area contributed by atoms with E-state index in [4.69, 9.17) is 4.74 Å². The van der Waals surface area contributed by atoms with Crippen LogP contribution in [0.4, 0.5) is 0 Å². The van der Waals surface area contributed by atoms with Crippen molar-refractivity contribution >= 4 is 4.73 Å². The van der Waals surface area contributed by atoms with Gasteiger partial charge in [-0.05, 0) is 0 Å². The van der Waals surface area contributed by atoms with Gasteiger partial charge in [0.1, 0.15) is 0 Å². The minimum atomic E-state index is 0.542.